The molecule has 0 radical (unpaired) electrons. The van der Waals surface area contributed by atoms with Crippen LogP contribution in [-0.2, 0) is 4.79 Å². The van der Waals surface area contributed by atoms with Crippen LogP contribution in [0.2, 0.25) is 0 Å². The number of fused-ring (bicyclic) bond motifs is 1. The van der Waals surface area contributed by atoms with Crippen LogP contribution < -0.4 is 9.80 Å². The minimum absolute atomic E-state index is 0.0192. The number of hydrogen-bond acceptors (Lipinski definition) is 8. The Morgan fingerprint density at radius 2 is 1.76 bits per heavy atom. The molecule has 0 spiro atoms. The molecule has 1 unspecified atom stereocenters. The molecule has 0 N–H and O–H groups in total. The summed E-state index contributed by atoms with van der Waals surface area (Å²) in [6.45, 7) is 4.70. The largest absolute Gasteiger partial charge is 0.344 e. The molecule has 150 valence electrons. The summed E-state index contributed by atoms with van der Waals surface area (Å²) in [6.07, 6.45) is 7.24. The monoisotopic (exact) mass is 409 g/mol. The highest BCUT2D eigenvalue weighted by Crippen LogP contribution is 2.28. The van der Waals surface area contributed by atoms with Crippen LogP contribution in [0.5, 0.6) is 0 Å². The summed E-state index contributed by atoms with van der Waals surface area (Å²) in [5.41, 5.74) is 0.941. The molecule has 2 fully saturated rings. The third kappa shape index (κ3) is 3.74. The van der Waals surface area contributed by atoms with E-state index in [1.165, 1.54) is 0 Å². The summed E-state index contributed by atoms with van der Waals surface area (Å²) in [7, 11) is 0. The van der Waals surface area contributed by atoms with Crippen molar-refractivity contribution in [2.24, 2.45) is 5.92 Å². The molecule has 5 rings (SSSR count). The van der Waals surface area contributed by atoms with Crippen molar-refractivity contribution in [3.05, 3.63) is 36.8 Å². The Hall–Kier alpha value is -2.81. The second kappa shape index (κ2) is 7.90. The summed E-state index contributed by atoms with van der Waals surface area (Å²) in [5, 5.41) is 0.996. The highest BCUT2D eigenvalue weighted by Gasteiger charge is 2.32. The molecule has 0 saturated carbocycles. The summed E-state index contributed by atoms with van der Waals surface area (Å²) < 4.78 is 0. The van der Waals surface area contributed by atoms with Crippen LogP contribution in [0.3, 0.4) is 0 Å². The molecule has 0 aliphatic carbocycles. The average Bonchev–Trinajstić information content (AvgIpc) is 3.24. The van der Waals surface area contributed by atoms with Gasteiger partial charge in [-0.3, -0.25) is 4.79 Å². The molecular formula is C20H23N7OS. The molecule has 5 heterocycles. The van der Waals surface area contributed by atoms with Crippen molar-refractivity contribution in [3.63, 3.8) is 0 Å². The minimum Gasteiger partial charge on any atom is -0.344 e. The van der Waals surface area contributed by atoms with Crippen LogP contribution in [0.4, 0.5) is 11.1 Å². The van der Waals surface area contributed by atoms with E-state index in [-0.39, 0.29) is 11.8 Å². The van der Waals surface area contributed by atoms with Gasteiger partial charge in [0.25, 0.3) is 0 Å². The Kier molecular flexibility index (Phi) is 4.97. The van der Waals surface area contributed by atoms with E-state index in [2.05, 4.69) is 24.8 Å². The number of thiazole rings is 1. The van der Waals surface area contributed by atoms with Gasteiger partial charge in [-0.05, 0) is 31.0 Å². The van der Waals surface area contributed by atoms with Crippen LogP contribution >= 0.6 is 11.3 Å². The lowest BCUT2D eigenvalue weighted by molar-refractivity contribution is -0.136. The molecule has 0 bridgehead atoms. The fourth-order valence-electron chi connectivity index (χ4n) is 4.08. The molecule has 29 heavy (non-hydrogen) atoms. The topological polar surface area (TPSA) is 78.4 Å². The van der Waals surface area contributed by atoms with Crippen LogP contribution in [0.1, 0.15) is 12.8 Å². The molecule has 8 nitrogen and oxygen atoms in total. The van der Waals surface area contributed by atoms with E-state index >= 15 is 0 Å². The van der Waals surface area contributed by atoms with Crippen LogP contribution in [0.25, 0.3) is 10.3 Å². The van der Waals surface area contributed by atoms with Crippen LogP contribution in [0.15, 0.2) is 36.8 Å². The molecule has 3 aromatic heterocycles. The lowest BCUT2D eigenvalue weighted by Gasteiger charge is -2.38. The number of pyridine rings is 1. The number of nitrogens with zero attached hydrogens (tertiary/aromatic N) is 7. The van der Waals surface area contributed by atoms with Gasteiger partial charge in [-0.1, -0.05) is 11.3 Å². The van der Waals surface area contributed by atoms with Gasteiger partial charge >= 0.3 is 0 Å². The maximum absolute atomic E-state index is 13.1. The number of amides is 1. The Morgan fingerprint density at radius 3 is 2.55 bits per heavy atom. The molecule has 9 heteroatoms. The zero-order valence-electron chi connectivity index (χ0n) is 16.1. The van der Waals surface area contributed by atoms with Gasteiger partial charge in [0.1, 0.15) is 10.3 Å². The number of hydrogen-bond donors (Lipinski definition) is 0. The van der Waals surface area contributed by atoms with Crippen molar-refractivity contribution in [2.45, 2.75) is 12.8 Å². The molecule has 1 amide bonds. The molecule has 2 aliphatic heterocycles. The van der Waals surface area contributed by atoms with E-state index in [4.69, 9.17) is 4.98 Å². The molecule has 2 aliphatic rings. The van der Waals surface area contributed by atoms with Gasteiger partial charge in [0.2, 0.25) is 11.9 Å². The zero-order valence-corrected chi connectivity index (χ0v) is 17.0. The smallest absolute Gasteiger partial charge is 0.227 e. The quantitative estimate of drug-likeness (QED) is 0.655. The Balaban J connectivity index is 1.20. The van der Waals surface area contributed by atoms with Crippen molar-refractivity contribution >= 4 is 38.7 Å². The Morgan fingerprint density at radius 1 is 0.966 bits per heavy atom. The molecule has 1 atom stereocenters. The predicted octanol–water partition coefficient (Wildman–Crippen LogP) is 2.05. The van der Waals surface area contributed by atoms with E-state index in [1.807, 2.05) is 23.1 Å². The van der Waals surface area contributed by atoms with Gasteiger partial charge in [0.15, 0.2) is 5.13 Å². The Labute approximate surface area is 173 Å². The van der Waals surface area contributed by atoms with Gasteiger partial charge < -0.3 is 14.7 Å². The SMILES string of the molecule is O=C(C1CCCN(c2ncccn2)C1)N1CCN(c2nc3cccnc3s2)CC1. The summed E-state index contributed by atoms with van der Waals surface area (Å²) in [6, 6.07) is 5.72. The maximum Gasteiger partial charge on any atom is 0.227 e. The standard InChI is InChI=1S/C20H23N7OS/c28-18(15-4-2-9-27(14-15)19-22-7-3-8-23-19)25-10-12-26(13-11-25)20-24-16-5-1-6-21-17(16)29-20/h1,3,5-8,15H,2,4,9-14H2. The maximum atomic E-state index is 13.1. The van der Waals surface area contributed by atoms with Gasteiger partial charge in [0, 0.05) is 57.9 Å². The van der Waals surface area contributed by atoms with E-state index < -0.39 is 0 Å². The van der Waals surface area contributed by atoms with E-state index in [1.54, 1.807) is 29.9 Å². The molecule has 2 saturated heterocycles. The average molecular weight is 410 g/mol. The number of aromatic nitrogens is 4. The minimum atomic E-state index is 0.0192. The lowest BCUT2D eigenvalue weighted by Crippen LogP contribution is -2.52. The predicted molar refractivity (Wildman–Crippen MR) is 113 cm³/mol. The summed E-state index contributed by atoms with van der Waals surface area (Å²) in [4.78, 5) is 38.3. The zero-order chi connectivity index (χ0) is 19.6. The molecular weight excluding hydrogens is 386 g/mol. The van der Waals surface area contributed by atoms with E-state index in [0.29, 0.717) is 6.54 Å². The van der Waals surface area contributed by atoms with Crippen molar-refractivity contribution in [1.82, 2.24) is 24.8 Å². The second-order valence-electron chi connectivity index (χ2n) is 7.47. The first kappa shape index (κ1) is 18.2. The number of anilines is 2. The number of rotatable bonds is 3. The lowest BCUT2D eigenvalue weighted by atomic mass is 9.96. The number of piperidine rings is 1. The highest BCUT2D eigenvalue weighted by molar-refractivity contribution is 7.21. The van der Waals surface area contributed by atoms with Crippen molar-refractivity contribution in [3.8, 4) is 0 Å². The van der Waals surface area contributed by atoms with Crippen molar-refractivity contribution < 1.29 is 4.79 Å². The molecule has 0 aromatic carbocycles. The van der Waals surface area contributed by atoms with E-state index in [9.17, 15) is 4.79 Å². The van der Waals surface area contributed by atoms with E-state index in [0.717, 1.165) is 67.0 Å². The third-order valence-corrected chi connectivity index (χ3v) is 6.66. The fraction of sp³-hybridized carbons (Fsp3) is 0.450. The number of carbonyl (C=O) groups excluding carboxylic acids is 1. The van der Waals surface area contributed by atoms with Gasteiger partial charge in [-0.2, -0.15) is 0 Å². The van der Waals surface area contributed by atoms with Gasteiger partial charge in [-0.15, -0.1) is 0 Å². The van der Waals surface area contributed by atoms with Crippen molar-refractivity contribution in [1.29, 1.82) is 0 Å². The van der Waals surface area contributed by atoms with Gasteiger partial charge in [0.05, 0.1) is 5.92 Å². The normalized spacial score (nSPS) is 20.3. The van der Waals surface area contributed by atoms with Gasteiger partial charge in [-0.25, -0.2) is 19.9 Å². The fourth-order valence-corrected chi connectivity index (χ4v) is 5.05. The first-order chi connectivity index (χ1) is 14.3. The van der Waals surface area contributed by atoms with Crippen molar-refractivity contribution in [2.75, 3.05) is 49.1 Å². The molecule has 3 aromatic rings. The Bertz CT molecular complexity index is 954. The number of piperazine rings is 1. The third-order valence-electron chi connectivity index (χ3n) is 5.62. The number of carbonyl (C=O) groups is 1. The second-order valence-corrected chi connectivity index (χ2v) is 8.43. The van der Waals surface area contributed by atoms with Crippen LogP contribution in [0, 0.1) is 5.92 Å². The highest BCUT2D eigenvalue weighted by atomic mass is 32.1. The van der Waals surface area contributed by atoms with Crippen LogP contribution in [-0.4, -0.2) is 70.0 Å². The first-order valence-corrected chi connectivity index (χ1v) is 10.9. The first-order valence-electron chi connectivity index (χ1n) is 10.1. The summed E-state index contributed by atoms with van der Waals surface area (Å²) in [5.74, 6) is 1.00. The summed E-state index contributed by atoms with van der Waals surface area (Å²) >= 11 is 1.62.